The minimum atomic E-state index is -0.286. The van der Waals surface area contributed by atoms with Crippen molar-refractivity contribution >= 4 is 55.7 Å². The molecule has 1 saturated heterocycles. The van der Waals surface area contributed by atoms with Crippen LogP contribution < -0.4 is 4.74 Å². The summed E-state index contributed by atoms with van der Waals surface area (Å²) in [5, 5.41) is 1.86. The predicted molar refractivity (Wildman–Crippen MR) is 140 cm³/mol. The number of benzene rings is 4. The number of fused-ring (bicyclic) bond motifs is 1. The Hall–Kier alpha value is -3.35. The first-order valence-corrected chi connectivity index (χ1v) is 12.4. The van der Waals surface area contributed by atoms with Crippen molar-refractivity contribution in [2.45, 2.75) is 13.2 Å². The van der Waals surface area contributed by atoms with Crippen LogP contribution in [-0.2, 0) is 17.9 Å². The van der Waals surface area contributed by atoms with Crippen molar-refractivity contribution in [3.63, 3.8) is 0 Å². The van der Waals surface area contributed by atoms with Crippen LogP contribution in [0.15, 0.2) is 100 Å². The molecule has 1 aliphatic rings. The Labute approximate surface area is 210 Å². The first-order valence-electron chi connectivity index (χ1n) is 10.8. The molecule has 1 fully saturated rings. The van der Waals surface area contributed by atoms with E-state index in [2.05, 4.69) is 15.9 Å². The van der Waals surface area contributed by atoms with Crippen molar-refractivity contribution in [1.29, 1.82) is 0 Å². The van der Waals surface area contributed by atoms with E-state index in [1.165, 1.54) is 4.90 Å². The number of halogens is 1. The minimum absolute atomic E-state index is 0.241. The maximum atomic E-state index is 13.2. The van der Waals surface area contributed by atoms with Crippen LogP contribution in [0.1, 0.15) is 16.7 Å². The summed E-state index contributed by atoms with van der Waals surface area (Å²) in [5.74, 6) is 0.372. The number of para-hydroxylation sites is 1. The van der Waals surface area contributed by atoms with E-state index in [1.807, 2.05) is 91.0 Å². The van der Waals surface area contributed by atoms with E-state index in [0.717, 1.165) is 43.7 Å². The van der Waals surface area contributed by atoms with Gasteiger partial charge in [-0.1, -0.05) is 88.7 Å². The van der Waals surface area contributed by atoms with E-state index in [0.29, 0.717) is 17.3 Å². The Balaban J connectivity index is 1.36. The van der Waals surface area contributed by atoms with Gasteiger partial charge in [0.15, 0.2) is 0 Å². The Morgan fingerprint density at radius 3 is 2.44 bits per heavy atom. The number of imide groups is 1. The molecule has 1 aliphatic heterocycles. The molecule has 0 unspecified atom stereocenters. The lowest BCUT2D eigenvalue weighted by molar-refractivity contribution is -0.123. The molecule has 6 heteroatoms. The summed E-state index contributed by atoms with van der Waals surface area (Å²) < 4.78 is 7.04. The molecule has 4 nitrogen and oxygen atoms in total. The fourth-order valence-electron chi connectivity index (χ4n) is 3.85. The van der Waals surface area contributed by atoms with Gasteiger partial charge in [0.2, 0.25) is 0 Å². The largest absolute Gasteiger partial charge is 0.488 e. The van der Waals surface area contributed by atoms with E-state index in [1.54, 1.807) is 6.08 Å². The number of amides is 2. The number of carbonyl (C=O) groups is 2. The normalized spacial score (nSPS) is 14.9. The zero-order valence-corrected chi connectivity index (χ0v) is 20.5. The molecular formula is C28H20BrNO3S. The molecule has 1 heterocycles. The Bertz CT molecular complexity index is 1410. The molecule has 34 heavy (non-hydrogen) atoms. The van der Waals surface area contributed by atoms with Crippen LogP contribution >= 0.6 is 27.7 Å². The highest BCUT2D eigenvalue weighted by molar-refractivity contribution is 9.10. The van der Waals surface area contributed by atoms with Gasteiger partial charge in [0.05, 0.1) is 11.4 Å². The monoisotopic (exact) mass is 529 g/mol. The van der Waals surface area contributed by atoms with E-state index >= 15 is 0 Å². The number of carbonyl (C=O) groups excluding carboxylic acids is 2. The van der Waals surface area contributed by atoms with E-state index in [4.69, 9.17) is 4.74 Å². The summed E-state index contributed by atoms with van der Waals surface area (Å²) in [6.45, 7) is 0.645. The lowest BCUT2D eigenvalue weighted by atomic mass is 10.0. The standard InChI is InChI=1S/C28H20BrNO3S/c29-23-14-12-19(13-15-23)18-33-25-11-4-2-7-21(25)16-26-27(31)30(28(32)34-26)17-22-9-5-8-20-6-1-3-10-24(20)22/h1-16H,17-18H2/b26-16+. The molecule has 2 amide bonds. The van der Waals surface area contributed by atoms with Crippen molar-refractivity contribution < 1.29 is 14.3 Å². The molecule has 168 valence electrons. The Morgan fingerprint density at radius 1 is 0.853 bits per heavy atom. The Kier molecular flexibility index (Phi) is 6.52. The summed E-state index contributed by atoms with van der Waals surface area (Å²) in [4.78, 5) is 27.6. The van der Waals surface area contributed by atoms with Gasteiger partial charge in [0.1, 0.15) is 12.4 Å². The molecule has 5 rings (SSSR count). The maximum Gasteiger partial charge on any atom is 0.293 e. The van der Waals surface area contributed by atoms with Crippen LogP contribution in [0.5, 0.6) is 5.75 Å². The van der Waals surface area contributed by atoms with Crippen LogP contribution in [0.2, 0.25) is 0 Å². The van der Waals surface area contributed by atoms with Crippen molar-refractivity contribution in [1.82, 2.24) is 4.90 Å². The number of thioether (sulfide) groups is 1. The summed E-state index contributed by atoms with van der Waals surface area (Å²) in [6, 6.07) is 29.4. The number of hydrogen-bond acceptors (Lipinski definition) is 4. The SMILES string of the molecule is O=C1S/C(=C/c2ccccc2OCc2ccc(Br)cc2)C(=O)N1Cc1cccc2ccccc12. The summed E-state index contributed by atoms with van der Waals surface area (Å²) in [6.07, 6.45) is 1.74. The number of ether oxygens (including phenoxy) is 1. The molecule has 0 aromatic heterocycles. The van der Waals surface area contributed by atoms with Crippen molar-refractivity contribution in [2.24, 2.45) is 0 Å². The van der Waals surface area contributed by atoms with Crippen LogP contribution in [0.3, 0.4) is 0 Å². The predicted octanol–water partition coefficient (Wildman–Crippen LogP) is 7.42. The lowest BCUT2D eigenvalue weighted by Crippen LogP contribution is -2.27. The van der Waals surface area contributed by atoms with Crippen LogP contribution in [-0.4, -0.2) is 16.0 Å². The van der Waals surface area contributed by atoms with Gasteiger partial charge in [-0.15, -0.1) is 0 Å². The summed E-state index contributed by atoms with van der Waals surface area (Å²) in [5.41, 5.74) is 2.74. The quantitative estimate of drug-likeness (QED) is 0.244. The smallest absolute Gasteiger partial charge is 0.293 e. The van der Waals surface area contributed by atoms with Gasteiger partial charge in [0, 0.05) is 10.0 Å². The first-order chi connectivity index (χ1) is 16.6. The van der Waals surface area contributed by atoms with Crippen molar-refractivity contribution in [3.8, 4) is 5.75 Å². The highest BCUT2D eigenvalue weighted by Gasteiger charge is 2.35. The molecule has 4 aromatic carbocycles. The third-order valence-electron chi connectivity index (χ3n) is 5.60. The van der Waals surface area contributed by atoms with Gasteiger partial charge in [0.25, 0.3) is 11.1 Å². The van der Waals surface area contributed by atoms with Gasteiger partial charge < -0.3 is 4.74 Å². The van der Waals surface area contributed by atoms with Gasteiger partial charge in [-0.2, -0.15) is 0 Å². The molecule has 0 saturated carbocycles. The first kappa shape index (κ1) is 22.4. The van der Waals surface area contributed by atoms with Gasteiger partial charge in [-0.25, -0.2) is 0 Å². The zero-order chi connectivity index (χ0) is 23.5. The second-order valence-corrected chi connectivity index (χ2v) is 9.77. The molecule has 0 atom stereocenters. The van der Waals surface area contributed by atoms with Crippen molar-refractivity contribution in [2.75, 3.05) is 0 Å². The minimum Gasteiger partial charge on any atom is -0.488 e. The molecule has 4 aromatic rings. The fraction of sp³-hybridized carbons (Fsp3) is 0.0714. The van der Waals surface area contributed by atoms with Crippen molar-refractivity contribution in [3.05, 3.63) is 117 Å². The fourth-order valence-corrected chi connectivity index (χ4v) is 4.94. The molecule has 0 spiro atoms. The van der Waals surface area contributed by atoms with Gasteiger partial charge >= 0.3 is 0 Å². The second-order valence-electron chi connectivity index (χ2n) is 7.86. The van der Waals surface area contributed by atoms with E-state index < -0.39 is 0 Å². The number of nitrogens with zero attached hydrogens (tertiary/aromatic N) is 1. The average molecular weight is 530 g/mol. The summed E-state index contributed by atoms with van der Waals surface area (Å²) >= 11 is 4.40. The molecular weight excluding hydrogens is 510 g/mol. The number of rotatable bonds is 6. The van der Waals surface area contributed by atoms with E-state index in [-0.39, 0.29) is 17.7 Å². The van der Waals surface area contributed by atoms with Crippen LogP contribution in [0.4, 0.5) is 4.79 Å². The number of hydrogen-bond donors (Lipinski definition) is 0. The molecule has 0 aliphatic carbocycles. The zero-order valence-electron chi connectivity index (χ0n) is 18.1. The highest BCUT2D eigenvalue weighted by atomic mass is 79.9. The lowest BCUT2D eigenvalue weighted by Gasteiger charge is -2.14. The average Bonchev–Trinajstić information content (AvgIpc) is 3.12. The van der Waals surface area contributed by atoms with Crippen LogP contribution in [0, 0.1) is 0 Å². The Morgan fingerprint density at radius 2 is 1.59 bits per heavy atom. The topological polar surface area (TPSA) is 46.6 Å². The van der Waals surface area contributed by atoms with E-state index in [9.17, 15) is 9.59 Å². The third kappa shape index (κ3) is 4.79. The van der Waals surface area contributed by atoms with Gasteiger partial charge in [-0.05, 0) is 57.9 Å². The second kappa shape index (κ2) is 9.87. The molecule has 0 N–H and O–H groups in total. The maximum absolute atomic E-state index is 13.2. The van der Waals surface area contributed by atoms with Crippen LogP contribution in [0.25, 0.3) is 16.8 Å². The summed E-state index contributed by atoms with van der Waals surface area (Å²) in [7, 11) is 0. The molecule has 0 bridgehead atoms. The van der Waals surface area contributed by atoms with Gasteiger partial charge in [-0.3, -0.25) is 14.5 Å². The third-order valence-corrected chi connectivity index (χ3v) is 7.03. The highest BCUT2D eigenvalue weighted by Crippen LogP contribution is 2.35. The molecule has 0 radical (unpaired) electrons.